The van der Waals surface area contributed by atoms with Crippen LogP contribution in [0.4, 0.5) is 4.79 Å². The van der Waals surface area contributed by atoms with Gasteiger partial charge in [-0.1, -0.05) is 156 Å². The Balaban J connectivity index is 1.46. The number of alkyl halides is 3. The van der Waals surface area contributed by atoms with Gasteiger partial charge in [-0.2, -0.15) is 0 Å². The molecule has 0 bridgehead atoms. The van der Waals surface area contributed by atoms with E-state index in [-0.39, 0.29) is 26.4 Å². The van der Waals surface area contributed by atoms with Gasteiger partial charge < -0.3 is 28.4 Å². The SMILES string of the molecule is O=C(NC(=O)C(Cl)(Cl)Cl)OC1O[C@H](COCc2ccccc2)[C@@H](OCc2ccccc2)[C@H](OCc2ccccc2)[C@H]1OCc1ccccc1. The summed E-state index contributed by atoms with van der Waals surface area (Å²) in [6.07, 6.45) is -6.06. The van der Waals surface area contributed by atoms with Crippen molar-refractivity contribution in [3.63, 3.8) is 0 Å². The minimum atomic E-state index is -2.40. The summed E-state index contributed by atoms with van der Waals surface area (Å²) < 4.78 is 35.3. The second-order valence-electron chi connectivity index (χ2n) is 11.2. The molecular weight excluding hydrogens is 693 g/mol. The molecule has 4 aromatic rings. The van der Waals surface area contributed by atoms with Gasteiger partial charge in [-0.05, 0) is 22.3 Å². The molecule has 1 saturated heterocycles. The highest BCUT2D eigenvalue weighted by Crippen LogP contribution is 2.32. The van der Waals surface area contributed by atoms with E-state index in [1.165, 1.54) is 0 Å². The fraction of sp³-hybridized carbons (Fsp3) is 0.297. The van der Waals surface area contributed by atoms with Crippen LogP contribution >= 0.6 is 34.8 Å². The van der Waals surface area contributed by atoms with E-state index in [9.17, 15) is 9.59 Å². The van der Waals surface area contributed by atoms with Crippen molar-refractivity contribution in [1.29, 1.82) is 0 Å². The zero-order valence-electron chi connectivity index (χ0n) is 26.4. The summed E-state index contributed by atoms with van der Waals surface area (Å²) in [5.74, 6) is -1.19. The molecule has 12 heteroatoms. The number of amides is 2. The van der Waals surface area contributed by atoms with Crippen molar-refractivity contribution in [2.24, 2.45) is 0 Å². The van der Waals surface area contributed by atoms with Crippen LogP contribution in [-0.2, 0) is 59.6 Å². The lowest BCUT2D eigenvalue weighted by molar-refractivity contribution is -0.315. The number of imide groups is 1. The number of alkyl carbamates (subject to hydrolysis) is 1. The number of carbonyl (C=O) groups is 2. The Morgan fingerprint density at radius 1 is 0.592 bits per heavy atom. The number of nitrogens with one attached hydrogen (secondary N) is 1. The summed E-state index contributed by atoms with van der Waals surface area (Å²) >= 11 is 17.0. The van der Waals surface area contributed by atoms with E-state index in [0.717, 1.165) is 22.3 Å². The third-order valence-electron chi connectivity index (χ3n) is 7.54. The van der Waals surface area contributed by atoms with Gasteiger partial charge in [0.1, 0.15) is 24.4 Å². The van der Waals surface area contributed by atoms with Crippen molar-refractivity contribution in [3.8, 4) is 0 Å². The number of rotatable bonds is 14. The van der Waals surface area contributed by atoms with Gasteiger partial charge in [0.2, 0.25) is 6.29 Å². The molecule has 49 heavy (non-hydrogen) atoms. The summed E-state index contributed by atoms with van der Waals surface area (Å²) in [7, 11) is 0. The molecular formula is C37H36Cl3NO8. The summed E-state index contributed by atoms with van der Waals surface area (Å²) in [6, 6.07) is 38.4. The van der Waals surface area contributed by atoms with Crippen LogP contribution in [0.25, 0.3) is 0 Å². The van der Waals surface area contributed by atoms with E-state index >= 15 is 0 Å². The first kappa shape index (κ1) is 36.8. The van der Waals surface area contributed by atoms with Gasteiger partial charge in [0.15, 0.2) is 0 Å². The fourth-order valence-corrected chi connectivity index (χ4v) is 5.28. The maximum Gasteiger partial charge on any atom is 0.416 e. The van der Waals surface area contributed by atoms with Gasteiger partial charge in [0, 0.05) is 0 Å². The first-order valence-corrected chi connectivity index (χ1v) is 16.7. The largest absolute Gasteiger partial charge is 0.416 e. The van der Waals surface area contributed by atoms with E-state index in [0.29, 0.717) is 6.61 Å². The van der Waals surface area contributed by atoms with Crippen LogP contribution in [0.15, 0.2) is 121 Å². The topological polar surface area (TPSA) is 102 Å². The molecule has 258 valence electrons. The minimum absolute atomic E-state index is 0.0412. The van der Waals surface area contributed by atoms with Crippen LogP contribution < -0.4 is 5.32 Å². The standard InChI is InChI=1S/C37H36Cl3NO8/c38-37(39,40)35(42)41-36(43)49-34-33(47-24-29-19-11-4-12-20-29)32(46-23-28-17-9-3-10-18-28)31(45-22-27-15-7-2-8-16-27)30(48-34)25-44-21-26-13-5-1-6-14-26/h1-20,30-34H,21-25H2,(H,41,42,43)/t30-,31-,32+,33-,34?/m1/s1. The average molecular weight is 729 g/mol. The van der Waals surface area contributed by atoms with Crippen LogP contribution in [-0.4, -0.2) is 53.1 Å². The molecule has 1 aliphatic heterocycles. The molecule has 2 amide bonds. The Labute approximate surface area is 300 Å². The summed E-state index contributed by atoms with van der Waals surface area (Å²) in [5, 5.41) is 1.94. The van der Waals surface area contributed by atoms with Crippen LogP contribution in [0.1, 0.15) is 22.3 Å². The Morgan fingerprint density at radius 3 is 1.45 bits per heavy atom. The molecule has 1 aliphatic rings. The lowest BCUT2D eigenvalue weighted by Gasteiger charge is -2.45. The van der Waals surface area contributed by atoms with E-state index in [1.807, 2.05) is 127 Å². The Bertz CT molecular complexity index is 1580. The van der Waals surface area contributed by atoms with Crippen molar-refractivity contribution in [1.82, 2.24) is 5.32 Å². The number of benzene rings is 4. The Hall–Kier alpha value is -3.51. The molecule has 5 rings (SSSR count). The van der Waals surface area contributed by atoms with Gasteiger partial charge in [0.25, 0.3) is 9.70 Å². The maximum atomic E-state index is 13.0. The molecule has 5 atom stereocenters. The number of ether oxygens (including phenoxy) is 6. The minimum Gasteiger partial charge on any atom is -0.416 e. The van der Waals surface area contributed by atoms with E-state index in [1.54, 1.807) is 0 Å². The van der Waals surface area contributed by atoms with Crippen molar-refractivity contribution in [2.45, 2.75) is 60.9 Å². The molecule has 0 aliphatic carbocycles. The highest BCUT2D eigenvalue weighted by Gasteiger charge is 2.50. The number of hydrogen-bond acceptors (Lipinski definition) is 8. The predicted molar refractivity (Wildman–Crippen MR) is 185 cm³/mol. The Kier molecular flexibility index (Phi) is 13.9. The van der Waals surface area contributed by atoms with Gasteiger partial charge >= 0.3 is 6.09 Å². The highest BCUT2D eigenvalue weighted by molar-refractivity contribution is 6.76. The van der Waals surface area contributed by atoms with Crippen LogP contribution in [0.3, 0.4) is 0 Å². The van der Waals surface area contributed by atoms with Gasteiger partial charge in [-0.25, -0.2) is 4.79 Å². The first-order chi connectivity index (χ1) is 23.8. The van der Waals surface area contributed by atoms with E-state index < -0.39 is 46.5 Å². The summed E-state index contributed by atoms with van der Waals surface area (Å²) in [6.45, 7) is 0.864. The number of hydrogen-bond donors (Lipinski definition) is 1. The molecule has 1 heterocycles. The second kappa shape index (κ2) is 18.5. The molecule has 1 N–H and O–H groups in total. The highest BCUT2D eigenvalue weighted by atomic mass is 35.6. The summed E-state index contributed by atoms with van der Waals surface area (Å²) in [5.41, 5.74) is 3.64. The van der Waals surface area contributed by atoms with Gasteiger partial charge in [0.05, 0.1) is 33.0 Å². The van der Waals surface area contributed by atoms with E-state index in [2.05, 4.69) is 0 Å². The van der Waals surface area contributed by atoms with Crippen molar-refractivity contribution < 1.29 is 38.0 Å². The predicted octanol–water partition coefficient (Wildman–Crippen LogP) is 7.31. The molecule has 0 spiro atoms. The smallest absolute Gasteiger partial charge is 0.416 e. The number of halogens is 3. The van der Waals surface area contributed by atoms with Crippen LogP contribution in [0.2, 0.25) is 0 Å². The monoisotopic (exact) mass is 727 g/mol. The zero-order chi connectivity index (χ0) is 34.5. The van der Waals surface area contributed by atoms with Crippen LogP contribution in [0.5, 0.6) is 0 Å². The zero-order valence-corrected chi connectivity index (χ0v) is 28.6. The third-order valence-corrected chi connectivity index (χ3v) is 8.05. The lowest BCUT2D eigenvalue weighted by atomic mass is 9.97. The van der Waals surface area contributed by atoms with Crippen molar-refractivity contribution in [2.75, 3.05) is 6.61 Å². The third kappa shape index (κ3) is 11.5. The van der Waals surface area contributed by atoms with Gasteiger partial charge in [-0.15, -0.1) is 0 Å². The first-order valence-electron chi connectivity index (χ1n) is 15.6. The molecule has 1 fully saturated rings. The van der Waals surface area contributed by atoms with E-state index in [4.69, 9.17) is 63.2 Å². The molecule has 0 saturated carbocycles. The molecule has 4 aromatic carbocycles. The van der Waals surface area contributed by atoms with Gasteiger partial charge in [-0.3, -0.25) is 10.1 Å². The molecule has 9 nitrogen and oxygen atoms in total. The molecule has 0 aromatic heterocycles. The molecule has 1 unspecified atom stereocenters. The normalized spacial score (nSPS) is 20.8. The van der Waals surface area contributed by atoms with Crippen molar-refractivity contribution >= 4 is 46.8 Å². The fourth-order valence-electron chi connectivity index (χ4n) is 5.14. The Morgan fingerprint density at radius 2 is 1.00 bits per heavy atom. The molecule has 0 radical (unpaired) electrons. The number of carbonyl (C=O) groups excluding carboxylic acids is 2. The lowest BCUT2D eigenvalue weighted by Crippen LogP contribution is -2.62. The second-order valence-corrected chi connectivity index (χ2v) is 13.5. The average Bonchev–Trinajstić information content (AvgIpc) is 3.11. The quantitative estimate of drug-likeness (QED) is 0.135. The van der Waals surface area contributed by atoms with Crippen LogP contribution in [0, 0.1) is 0 Å². The maximum absolute atomic E-state index is 13.0. The summed E-state index contributed by atoms with van der Waals surface area (Å²) in [4.78, 5) is 25.3. The van der Waals surface area contributed by atoms with Crippen molar-refractivity contribution in [3.05, 3.63) is 144 Å².